The fourth-order valence-corrected chi connectivity index (χ4v) is 0.727. The van der Waals surface area contributed by atoms with E-state index in [1.54, 1.807) is 12.9 Å². The number of aliphatic carboxylic acids is 1. The third-order valence-corrected chi connectivity index (χ3v) is 1.23. The molecule has 0 saturated heterocycles. The van der Waals surface area contributed by atoms with Crippen molar-refractivity contribution in [2.24, 2.45) is 0 Å². The van der Waals surface area contributed by atoms with Crippen LogP contribution >= 0.6 is 0 Å². The first-order chi connectivity index (χ1) is 5.70. The van der Waals surface area contributed by atoms with Gasteiger partial charge in [-0.05, 0) is 13.3 Å². The molecule has 0 aliphatic heterocycles. The molecule has 4 heteroatoms. The molecule has 0 unspecified atom stereocenters. The summed E-state index contributed by atoms with van der Waals surface area (Å²) in [5.74, 6) is 0.971. The Hall–Kier alpha value is -1.28. The maximum atomic E-state index is 10.1. The highest BCUT2D eigenvalue weighted by molar-refractivity contribution is 5.66. The van der Waals surface area contributed by atoms with Gasteiger partial charge in [-0.25, -0.2) is 4.79 Å². The lowest BCUT2D eigenvalue weighted by atomic mass is 10.2. The smallest absolute Gasteiger partial charge is 0.303 e. The first kappa shape index (κ1) is 10.7. The van der Waals surface area contributed by atoms with E-state index < -0.39 is 5.97 Å². The van der Waals surface area contributed by atoms with Crippen LogP contribution in [-0.2, 0) is 14.3 Å². The molecule has 0 bridgehead atoms. The predicted octanol–water partition coefficient (Wildman–Crippen LogP) is 0.993. The summed E-state index contributed by atoms with van der Waals surface area (Å²) in [4.78, 5) is 20.2. The van der Waals surface area contributed by atoms with Gasteiger partial charge in [0.2, 0.25) is 0 Å². The Kier molecular flexibility index (Phi) is 5.75. The van der Waals surface area contributed by atoms with Gasteiger partial charge in [-0.1, -0.05) is 0 Å². The van der Waals surface area contributed by atoms with E-state index in [0.29, 0.717) is 19.4 Å². The molecular formula is C8H12O4. The fourth-order valence-electron chi connectivity index (χ4n) is 0.727. The molecule has 0 atom stereocenters. The molecule has 0 aliphatic carbocycles. The van der Waals surface area contributed by atoms with Crippen LogP contribution in [0.5, 0.6) is 0 Å². The molecule has 0 radical (unpaired) electrons. The minimum Gasteiger partial charge on any atom is -0.487 e. The molecule has 0 aromatic rings. The van der Waals surface area contributed by atoms with Crippen LogP contribution in [0.2, 0.25) is 0 Å². The van der Waals surface area contributed by atoms with Crippen LogP contribution in [0, 0.1) is 0 Å². The minimum atomic E-state index is -0.864. The zero-order valence-corrected chi connectivity index (χ0v) is 7.00. The zero-order chi connectivity index (χ0) is 9.40. The van der Waals surface area contributed by atoms with Gasteiger partial charge >= 0.3 is 5.97 Å². The average Bonchev–Trinajstić information content (AvgIpc) is 2.02. The van der Waals surface area contributed by atoms with E-state index in [4.69, 9.17) is 9.84 Å². The summed E-state index contributed by atoms with van der Waals surface area (Å²) >= 11 is 0. The Morgan fingerprint density at radius 3 is 2.58 bits per heavy atom. The van der Waals surface area contributed by atoms with Gasteiger partial charge in [0.05, 0.1) is 6.61 Å². The van der Waals surface area contributed by atoms with Gasteiger partial charge < -0.3 is 9.84 Å². The summed E-state index contributed by atoms with van der Waals surface area (Å²) in [5, 5.41) is 8.28. The van der Waals surface area contributed by atoms with Crippen molar-refractivity contribution in [2.45, 2.75) is 26.2 Å². The van der Waals surface area contributed by atoms with Gasteiger partial charge in [-0.15, -0.1) is 0 Å². The molecule has 0 aromatic heterocycles. The van der Waals surface area contributed by atoms with E-state index in [-0.39, 0.29) is 12.2 Å². The van der Waals surface area contributed by atoms with Gasteiger partial charge in [0.1, 0.15) is 0 Å². The highest BCUT2D eigenvalue weighted by Crippen LogP contribution is 2.05. The van der Waals surface area contributed by atoms with Crippen LogP contribution in [-0.4, -0.2) is 23.6 Å². The van der Waals surface area contributed by atoms with Crippen molar-refractivity contribution in [1.82, 2.24) is 0 Å². The summed E-state index contributed by atoms with van der Waals surface area (Å²) in [5.41, 5.74) is 0. The highest BCUT2D eigenvalue weighted by Gasteiger charge is 2.01. The summed E-state index contributed by atoms with van der Waals surface area (Å²) in [6.07, 6.45) is 0.821. The maximum absolute atomic E-state index is 10.1. The lowest BCUT2D eigenvalue weighted by molar-refractivity contribution is -0.137. The molecule has 68 valence electrons. The highest BCUT2D eigenvalue weighted by atomic mass is 16.5. The zero-order valence-electron chi connectivity index (χ0n) is 7.00. The molecule has 1 N–H and O–H groups in total. The molecule has 0 amide bonds. The predicted molar refractivity (Wildman–Crippen MR) is 42.3 cm³/mol. The van der Waals surface area contributed by atoms with Crippen molar-refractivity contribution < 1.29 is 19.4 Å². The summed E-state index contributed by atoms with van der Waals surface area (Å²) in [7, 11) is 0. The van der Waals surface area contributed by atoms with Crippen molar-refractivity contribution in [2.75, 3.05) is 6.61 Å². The van der Waals surface area contributed by atoms with Crippen LogP contribution in [0.4, 0.5) is 0 Å². The van der Waals surface area contributed by atoms with Crippen LogP contribution in [0.1, 0.15) is 26.2 Å². The normalized spacial score (nSPS) is 8.75. The van der Waals surface area contributed by atoms with Crippen molar-refractivity contribution >= 4 is 11.9 Å². The van der Waals surface area contributed by atoms with Gasteiger partial charge in [-0.2, -0.15) is 0 Å². The summed E-state index contributed by atoms with van der Waals surface area (Å²) < 4.78 is 4.87. The van der Waals surface area contributed by atoms with E-state index in [1.807, 2.05) is 0 Å². The number of carboxylic acid groups (broad SMARTS) is 1. The quantitative estimate of drug-likeness (QED) is 0.479. The van der Waals surface area contributed by atoms with E-state index in [9.17, 15) is 9.59 Å². The minimum absolute atomic E-state index is 0.0538. The Balaban J connectivity index is 3.60. The van der Waals surface area contributed by atoms with Crippen molar-refractivity contribution in [3.8, 4) is 0 Å². The van der Waals surface area contributed by atoms with Crippen molar-refractivity contribution in [3.63, 3.8) is 0 Å². The molecule has 0 aromatic carbocycles. The standard InChI is InChI=1S/C8H12O4/c1-2-12-7(6-9)4-3-5-8(10)11/h2-5H2,1H3,(H,10,11). The summed E-state index contributed by atoms with van der Waals surface area (Å²) in [6.45, 7) is 2.17. The van der Waals surface area contributed by atoms with Crippen LogP contribution in [0.25, 0.3) is 0 Å². The van der Waals surface area contributed by atoms with E-state index >= 15 is 0 Å². The second-order valence-electron chi connectivity index (χ2n) is 2.21. The first-order valence-electron chi connectivity index (χ1n) is 3.79. The average molecular weight is 172 g/mol. The third kappa shape index (κ3) is 5.50. The summed E-state index contributed by atoms with van der Waals surface area (Å²) in [6, 6.07) is 0. The second kappa shape index (κ2) is 6.43. The molecule has 0 heterocycles. The van der Waals surface area contributed by atoms with Crippen LogP contribution < -0.4 is 0 Å². The number of allylic oxidation sites excluding steroid dienone is 1. The van der Waals surface area contributed by atoms with Crippen LogP contribution in [0.3, 0.4) is 0 Å². The number of ether oxygens (including phenoxy) is 1. The van der Waals surface area contributed by atoms with E-state index in [2.05, 4.69) is 0 Å². The van der Waals surface area contributed by atoms with Gasteiger partial charge in [0.25, 0.3) is 0 Å². The Bertz CT molecular complexity index is 191. The molecular weight excluding hydrogens is 160 g/mol. The molecule has 12 heavy (non-hydrogen) atoms. The Labute approximate surface area is 70.8 Å². The molecule has 0 spiro atoms. The van der Waals surface area contributed by atoms with Gasteiger partial charge in [0, 0.05) is 12.8 Å². The lowest BCUT2D eigenvalue weighted by Crippen LogP contribution is -1.97. The fraction of sp³-hybridized carbons (Fsp3) is 0.625. The second-order valence-corrected chi connectivity index (χ2v) is 2.21. The molecule has 0 aliphatic rings. The first-order valence-corrected chi connectivity index (χ1v) is 3.79. The van der Waals surface area contributed by atoms with Crippen molar-refractivity contribution in [1.29, 1.82) is 0 Å². The van der Waals surface area contributed by atoms with Crippen molar-refractivity contribution in [3.05, 3.63) is 5.76 Å². The lowest BCUT2D eigenvalue weighted by Gasteiger charge is -2.01. The number of carboxylic acids is 1. The van der Waals surface area contributed by atoms with E-state index in [0.717, 1.165) is 0 Å². The molecule has 4 nitrogen and oxygen atoms in total. The maximum Gasteiger partial charge on any atom is 0.303 e. The third-order valence-electron chi connectivity index (χ3n) is 1.23. The SMILES string of the molecule is CCOC(=C=O)CCCC(=O)O. The number of carbonyl (C=O) groups excluding carboxylic acids is 1. The Morgan fingerprint density at radius 2 is 2.17 bits per heavy atom. The van der Waals surface area contributed by atoms with Gasteiger partial charge in [0.15, 0.2) is 11.7 Å². The number of carbonyl (C=O) groups is 1. The topological polar surface area (TPSA) is 63.6 Å². The van der Waals surface area contributed by atoms with E-state index in [1.165, 1.54) is 0 Å². The number of rotatable bonds is 6. The molecule has 0 fully saturated rings. The Morgan fingerprint density at radius 1 is 1.50 bits per heavy atom. The van der Waals surface area contributed by atoms with Gasteiger partial charge in [-0.3, -0.25) is 4.79 Å². The van der Waals surface area contributed by atoms with Crippen LogP contribution in [0.15, 0.2) is 5.76 Å². The largest absolute Gasteiger partial charge is 0.487 e. The molecule has 0 saturated carbocycles. The monoisotopic (exact) mass is 172 g/mol. The number of hydrogen-bond donors (Lipinski definition) is 1. The molecule has 0 rings (SSSR count). The number of hydrogen-bond acceptors (Lipinski definition) is 3.